The van der Waals surface area contributed by atoms with Crippen LogP contribution in [-0.4, -0.2) is 28.7 Å². The minimum Gasteiger partial charge on any atom is -0.493 e. The molecule has 0 amide bonds. The molecule has 1 aliphatic rings. The highest BCUT2D eigenvalue weighted by atomic mass is 16.5. The van der Waals surface area contributed by atoms with Gasteiger partial charge in [0.2, 0.25) is 0 Å². The number of para-hydroxylation sites is 1. The molecule has 0 aliphatic carbocycles. The lowest BCUT2D eigenvalue weighted by Gasteiger charge is -2.17. The fourth-order valence-electron chi connectivity index (χ4n) is 2.52. The van der Waals surface area contributed by atoms with Gasteiger partial charge in [-0.2, -0.15) is 0 Å². The van der Waals surface area contributed by atoms with Gasteiger partial charge in [-0.05, 0) is 13.0 Å². The molecule has 4 heteroatoms. The number of nitrogens with zero attached hydrogens (tertiary/aromatic N) is 2. The molecule has 19 heavy (non-hydrogen) atoms. The normalized spacial score (nSPS) is 18.9. The molecule has 1 aromatic carbocycles. The van der Waals surface area contributed by atoms with E-state index in [4.69, 9.17) is 4.74 Å². The van der Waals surface area contributed by atoms with Gasteiger partial charge in [0.1, 0.15) is 5.75 Å². The number of hydrogen-bond acceptors (Lipinski definition) is 3. The van der Waals surface area contributed by atoms with E-state index in [1.54, 1.807) is 0 Å². The summed E-state index contributed by atoms with van der Waals surface area (Å²) in [4.78, 5) is 4.06. The zero-order valence-corrected chi connectivity index (χ0v) is 11.1. The molecule has 0 spiro atoms. The average Bonchev–Trinajstić information content (AvgIpc) is 3.05. The molecule has 0 saturated heterocycles. The first-order valence-corrected chi connectivity index (χ1v) is 6.74. The highest BCUT2D eigenvalue weighted by molar-refractivity contribution is 5.39. The van der Waals surface area contributed by atoms with Crippen molar-refractivity contribution in [3.63, 3.8) is 0 Å². The Bertz CT molecular complexity index is 524. The SMILES string of the molecule is CC(Cn1ccnc1)NCC1COc2ccccc21. The van der Waals surface area contributed by atoms with E-state index < -0.39 is 0 Å². The van der Waals surface area contributed by atoms with Crippen LogP contribution in [0.3, 0.4) is 0 Å². The third kappa shape index (κ3) is 2.79. The first-order chi connectivity index (χ1) is 9.33. The van der Waals surface area contributed by atoms with Crippen molar-refractivity contribution < 1.29 is 4.74 Å². The summed E-state index contributed by atoms with van der Waals surface area (Å²) in [5, 5.41) is 3.58. The lowest BCUT2D eigenvalue weighted by atomic mass is 10.0. The van der Waals surface area contributed by atoms with E-state index in [0.717, 1.165) is 25.4 Å². The molecular formula is C15H19N3O. The van der Waals surface area contributed by atoms with Gasteiger partial charge in [0.25, 0.3) is 0 Å². The summed E-state index contributed by atoms with van der Waals surface area (Å²) in [6, 6.07) is 8.73. The van der Waals surface area contributed by atoms with E-state index in [9.17, 15) is 0 Å². The summed E-state index contributed by atoms with van der Waals surface area (Å²) in [6.45, 7) is 4.87. The maximum absolute atomic E-state index is 5.69. The van der Waals surface area contributed by atoms with Gasteiger partial charge < -0.3 is 14.6 Å². The Hall–Kier alpha value is -1.81. The van der Waals surface area contributed by atoms with Crippen molar-refractivity contribution in [1.82, 2.24) is 14.9 Å². The van der Waals surface area contributed by atoms with Gasteiger partial charge in [0, 0.05) is 43.0 Å². The van der Waals surface area contributed by atoms with E-state index in [1.807, 2.05) is 30.9 Å². The predicted octanol–water partition coefficient (Wildman–Crippen LogP) is 2.04. The number of hydrogen-bond donors (Lipinski definition) is 1. The minimum atomic E-state index is 0.418. The van der Waals surface area contributed by atoms with Gasteiger partial charge in [-0.15, -0.1) is 0 Å². The summed E-state index contributed by atoms with van der Waals surface area (Å²) in [5.41, 5.74) is 1.32. The monoisotopic (exact) mass is 257 g/mol. The Labute approximate surface area is 113 Å². The van der Waals surface area contributed by atoms with Gasteiger partial charge in [-0.25, -0.2) is 4.98 Å². The molecule has 0 saturated carbocycles. The number of imidazole rings is 1. The number of fused-ring (bicyclic) bond motifs is 1. The fourth-order valence-corrected chi connectivity index (χ4v) is 2.52. The quantitative estimate of drug-likeness (QED) is 0.891. The van der Waals surface area contributed by atoms with Crippen molar-refractivity contribution in [2.75, 3.05) is 13.2 Å². The summed E-state index contributed by atoms with van der Waals surface area (Å²) in [6.07, 6.45) is 5.66. The zero-order valence-electron chi connectivity index (χ0n) is 11.1. The van der Waals surface area contributed by atoms with Crippen LogP contribution in [0.25, 0.3) is 0 Å². The molecule has 1 N–H and O–H groups in total. The molecule has 3 rings (SSSR count). The minimum absolute atomic E-state index is 0.418. The Kier molecular flexibility index (Phi) is 3.51. The molecular weight excluding hydrogens is 238 g/mol. The standard InChI is InChI=1S/C15H19N3O/c1-12(9-18-7-6-16-11-18)17-8-13-10-19-15-5-3-2-4-14(13)15/h2-7,11-13,17H,8-10H2,1H3. The Morgan fingerprint density at radius 3 is 3.21 bits per heavy atom. The van der Waals surface area contributed by atoms with Crippen LogP contribution in [0.5, 0.6) is 5.75 Å². The first-order valence-electron chi connectivity index (χ1n) is 6.74. The number of benzene rings is 1. The molecule has 2 heterocycles. The second kappa shape index (κ2) is 5.45. The van der Waals surface area contributed by atoms with E-state index in [0.29, 0.717) is 12.0 Å². The number of ether oxygens (including phenoxy) is 1. The van der Waals surface area contributed by atoms with Crippen molar-refractivity contribution >= 4 is 0 Å². The number of nitrogens with one attached hydrogen (secondary N) is 1. The van der Waals surface area contributed by atoms with E-state index in [1.165, 1.54) is 5.56 Å². The smallest absolute Gasteiger partial charge is 0.122 e. The first kappa shape index (κ1) is 12.2. The molecule has 1 aromatic heterocycles. The van der Waals surface area contributed by atoms with Gasteiger partial charge in [-0.1, -0.05) is 18.2 Å². The Morgan fingerprint density at radius 1 is 1.47 bits per heavy atom. The maximum atomic E-state index is 5.69. The molecule has 1 aliphatic heterocycles. The van der Waals surface area contributed by atoms with Crippen molar-refractivity contribution in [3.8, 4) is 5.75 Å². The zero-order chi connectivity index (χ0) is 13.1. The maximum Gasteiger partial charge on any atom is 0.122 e. The van der Waals surface area contributed by atoms with Crippen LogP contribution >= 0.6 is 0 Å². The fraction of sp³-hybridized carbons (Fsp3) is 0.400. The van der Waals surface area contributed by atoms with Crippen LogP contribution < -0.4 is 10.1 Å². The lowest BCUT2D eigenvalue weighted by molar-refractivity contribution is 0.320. The number of rotatable bonds is 5. The molecule has 100 valence electrons. The summed E-state index contributed by atoms with van der Waals surface area (Å²) in [5.74, 6) is 1.50. The van der Waals surface area contributed by atoms with Crippen molar-refractivity contribution in [1.29, 1.82) is 0 Å². The van der Waals surface area contributed by atoms with Crippen LogP contribution in [0.2, 0.25) is 0 Å². The molecule has 2 unspecified atom stereocenters. The Morgan fingerprint density at radius 2 is 2.37 bits per heavy atom. The van der Waals surface area contributed by atoms with E-state index in [2.05, 4.69) is 33.9 Å². The average molecular weight is 257 g/mol. The van der Waals surface area contributed by atoms with E-state index in [-0.39, 0.29) is 0 Å². The summed E-state index contributed by atoms with van der Waals surface area (Å²) in [7, 11) is 0. The molecule has 4 nitrogen and oxygen atoms in total. The molecule has 0 radical (unpaired) electrons. The summed E-state index contributed by atoms with van der Waals surface area (Å²) >= 11 is 0. The van der Waals surface area contributed by atoms with Gasteiger partial charge in [0.05, 0.1) is 12.9 Å². The largest absolute Gasteiger partial charge is 0.493 e. The highest BCUT2D eigenvalue weighted by Gasteiger charge is 2.23. The lowest BCUT2D eigenvalue weighted by Crippen LogP contribution is -2.33. The van der Waals surface area contributed by atoms with Gasteiger partial charge >= 0.3 is 0 Å². The van der Waals surface area contributed by atoms with Crippen LogP contribution in [-0.2, 0) is 6.54 Å². The van der Waals surface area contributed by atoms with Crippen molar-refractivity contribution in [2.24, 2.45) is 0 Å². The molecule has 0 bridgehead atoms. The topological polar surface area (TPSA) is 39.1 Å². The summed E-state index contributed by atoms with van der Waals surface area (Å²) < 4.78 is 7.79. The van der Waals surface area contributed by atoms with Crippen LogP contribution in [0, 0.1) is 0 Å². The predicted molar refractivity (Wildman–Crippen MR) is 74.4 cm³/mol. The third-order valence-electron chi connectivity index (χ3n) is 3.56. The highest BCUT2D eigenvalue weighted by Crippen LogP contribution is 2.32. The molecule has 0 fully saturated rings. The number of aromatic nitrogens is 2. The van der Waals surface area contributed by atoms with Crippen LogP contribution in [0.1, 0.15) is 18.4 Å². The van der Waals surface area contributed by atoms with E-state index >= 15 is 0 Å². The second-order valence-electron chi connectivity index (χ2n) is 5.11. The van der Waals surface area contributed by atoms with Crippen molar-refractivity contribution in [2.45, 2.75) is 25.4 Å². The third-order valence-corrected chi connectivity index (χ3v) is 3.56. The molecule has 2 aromatic rings. The Balaban J connectivity index is 1.53. The van der Waals surface area contributed by atoms with Crippen molar-refractivity contribution in [3.05, 3.63) is 48.5 Å². The van der Waals surface area contributed by atoms with Crippen LogP contribution in [0.15, 0.2) is 43.0 Å². The van der Waals surface area contributed by atoms with Gasteiger partial charge in [-0.3, -0.25) is 0 Å². The van der Waals surface area contributed by atoms with Crippen LogP contribution in [0.4, 0.5) is 0 Å². The van der Waals surface area contributed by atoms with Gasteiger partial charge in [0.15, 0.2) is 0 Å². The second-order valence-corrected chi connectivity index (χ2v) is 5.11. The molecule has 2 atom stereocenters.